The molecule has 1 aliphatic rings. The zero-order chi connectivity index (χ0) is 16.5. The van der Waals surface area contributed by atoms with Gasteiger partial charge in [0.15, 0.2) is 11.5 Å². The van der Waals surface area contributed by atoms with Crippen molar-refractivity contribution in [1.82, 2.24) is 0 Å². The molecule has 0 radical (unpaired) electrons. The van der Waals surface area contributed by atoms with Crippen LogP contribution in [0.1, 0.15) is 11.1 Å². The van der Waals surface area contributed by atoms with Crippen LogP contribution in [0.3, 0.4) is 0 Å². The molecule has 4 heteroatoms. The van der Waals surface area contributed by atoms with E-state index in [0.29, 0.717) is 0 Å². The minimum Gasteiger partial charge on any atom is -0.504 e. The molecule has 0 saturated heterocycles. The summed E-state index contributed by atoms with van der Waals surface area (Å²) in [6.07, 6.45) is 0. The second-order valence-electron chi connectivity index (χ2n) is 6.00. The van der Waals surface area contributed by atoms with Crippen LogP contribution >= 0.6 is 0 Å². The van der Waals surface area contributed by atoms with E-state index in [-0.39, 0.29) is 11.5 Å². The van der Waals surface area contributed by atoms with Crippen LogP contribution in [0.25, 0.3) is 0 Å². The predicted octanol–water partition coefficient (Wildman–Crippen LogP) is 4.36. The van der Waals surface area contributed by atoms with Gasteiger partial charge in [0.2, 0.25) is 0 Å². The van der Waals surface area contributed by atoms with E-state index in [1.807, 2.05) is 36.4 Å². The van der Waals surface area contributed by atoms with Gasteiger partial charge in [0.05, 0.1) is 0 Å². The average Bonchev–Trinajstić information content (AvgIpc) is 3.01. The smallest absolute Gasteiger partial charge is 0.159 e. The lowest BCUT2D eigenvalue weighted by atomic mass is 10.1. The lowest BCUT2D eigenvalue weighted by Crippen LogP contribution is -2.14. The molecule has 0 saturated carbocycles. The first-order valence-electron chi connectivity index (χ1n) is 7.90. The molecule has 4 rings (SSSR count). The van der Waals surface area contributed by atoms with Crippen molar-refractivity contribution in [3.8, 4) is 11.5 Å². The third kappa shape index (κ3) is 2.74. The fourth-order valence-corrected chi connectivity index (χ4v) is 3.05. The third-order valence-corrected chi connectivity index (χ3v) is 4.32. The Morgan fingerprint density at radius 1 is 0.708 bits per heavy atom. The maximum atomic E-state index is 9.70. The number of aromatic hydroxyl groups is 2. The summed E-state index contributed by atoms with van der Waals surface area (Å²) in [6.45, 7) is 1.58. The van der Waals surface area contributed by atoms with Crippen molar-refractivity contribution in [2.45, 2.75) is 13.1 Å². The number of phenols is 2. The minimum absolute atomic E-state index is 0.0881. The number of benzene rings is 3. The Hall–Kier alpha value is -3.14. The maximum absolute atomic E-state index is 9.70. The molecule has 0 aliphatic carbocycles. The SMILES string of the molecule is Oc1ccc(N2Cc3ccc(Nc4ccccc4)cc3C2)cc1O. The fraction of sp³-hybridized carbons (Fsp3) is 0.100. The Morgan fingerprint density at radius 3 is 2.29 bits per heavy atom. The molecule has 3 aromatic rings. The Morgan fingerprint density at radius 2 is 1.50 bits per heavy atom. The molecule has 1 aliphatic heterocycles. The summed E-state index contributed by atoms with van der Waals surface area (Å²) in [7, 11) is 0. The van der Waals surface area contributed by atoms with Gasteiger partial charge in [-0.3, -0.25) is 0 Å². The van der Waals surface area contributed by atoms with Gasteiger partial charge in [-0.2, -0.15) is 0 Å². The number of rotatable bonds is 3. The molecule has 0 atom stereocenters. The van der Waals surface area contributed by atoms with E-state index in [1.165, 1.54) is 17.2 Å². The summed E-state index contributed by atoms with van der Waals surface area (Å²) in [5.41, 5.74) is 5.58. The average molecular weight is 318 g/mol. The van der Waals surface area contributed by atoms with Crippen molar-refractivity contribution in [1.29, 1.82) is 0 Å². The number of nitrogens with one attached hydrogen (secondary N) is 1. The number of fused-ring (bicyclic) bond motifs is 1. The highest BCUT2D eigenvalue weighted by Crippen LogP contribution is 2.35. The molecule has 24 heavy (non-hydrogen) atoms. The van der Waals surface area contributed by atoms with Gasteiger partial charge >= 0.3 is 0 Å². The fourth-order valence-electron chi connectivity index (χ4n) is 3.05. The molecular weight excluding hydrogens is 300 g/mol. The number of nitrogens with zero attached hydrogens (tertiary/aromatic N) is 1. The Bertz CT molecular complexity index is 878. The number of para-hydroxylation sites is 1. The van der Waals surface area contributed by atoms with Crippen LogP contribution in [0.4, 0.5) is 17.1 Å². The number of hydrogen-bond donors (Lipinski definition) is 3. The molecule has 3 aromatic carbocycles. The van der Waals surface area contributed by atoms with Gasteiger partial charge in [0.25, 0.3) is 0 Å². The van der Waals surface area contributed by atoms with E-state index >= 15 is 0 Å². The highest BCUT2D eigenvalue weighted by Gasteiger charge is 2.20. The second-order valence-corrected chi connectivity index (χ2v) is 6.00. The monoisotopic (exact) mass is 318 g/mol. The highest BCUT2D eigenvalue weighted by atomic mass is 16.3. The first-order valence-corrected chi connectivity index (χ1v) is 7.90. The van der Waals surface area contributed by atoms with Gasteiger partial charge in [-0.1, -0.05) is 24.3 Å². The summed E-state index contributed by atoms with van der Waals surface area (Å²) < 4.78 is 0. The van der Waals surface area contributed by atoms with E-state index in [9.17, 15) is 10.2 Å². The molecule has 3 N–H and O–H groups in total. The molecule has 0 unspecified atom stereocenters. The van der Waals surface area contributed by atoms with Gasteiger partial charge in [-0.25, -0.2) is 0 Å². The summed E-state index contributed by atoms with van der Waals surface area (Å²) in [5.74, 6) is -0.181. The van der Waals surface area contributed by atoms with Crippen LogP contribution in [0.2, 0.25) is 0 Å². The minimum atomic E-state index is -0.0928. The number of anilines is 3. The van der Waals surface area contributed by atoms with E-state index in [4.69, 9.17) is 0 Å². The normalized spacial score (nSPS) is 12.9. The van der Waals surface area contributed by atoms with Gasteiger partial charge in [0.1, 0.15) is 0 Å². The molecule has 0 spiro atoms. The topological polar surface area (TPSA) is 55.7 Å². The second kappa shape index (κ2) is 5.81. The summed E-state index contributed by atoms with van der Waals surface area (Å²) in [4.78, 5) is 2.18. The maximum Gasteiger partial charge on any atom is 0.159 e. The van der Waals surface area contributed by atoms with Crippen LogP contribution < -0.4 is 10.2 Å². The van der Waals surface area contributed by atoms with E-state index < -0.39 is 0 Å². The molecule has 0 bridgehead atoms. The number of hydrogen-bond acceptors (Lipinski definition) is 4. The van der Waals surface area contributed by atoms with Crippen molar-refractivity contribution in [3.05, 3.63) is 77.9 Å². The lowest BCUT2D eigenvalue weighted by molar-refractivity contribution is 0.403. The quantitative estimate of drug-likeness (QED) is 0.628. The van der Waals surface area contributed by atoms with E-state index in [1.54, 1.807) is 6.07 Å². The van der Waals surface area contributed by atoms with Crippen LogP contribution in [0.15, 0.2) is 66.7 Å². The van der Waals surface area contributed by atoms with Crippen molar-refractivity contribution in [3.63, 3.8) is 0 Å². The zero-order valence-corrected chi connectivity index (χ0v) is 13.1. The van der Waals surface area contributed by atoms with Gasteiger partial charge < -0.3 is 20.4 Å². The zero-order valence-electron chi connectivity index (χ0n) is 13.1. The van der Waals surface area contributed by atoms with E-state index in [2.05, 4.69) is 28.4 Å². The summed E-state index contributed by atoms with van der Waals surface area (Å²) >= 11 is 0. The lowest BCUT2D eigenvalue weighted by Gasteiger charge is -2.18. The molecule has 0 aromatic heterocycles. The van der Waals surface area contributed by atoms with Crippen molar-refractivity contribution >= 4 is 17.1 Å². The molecular formula is C20H18N2O2. The summed E-state index contributed by atoms with van der Waals surface area (Å²) in [5, 5.41) is 22.6. The highest BCUT2D eigenvalue weighted by molar-refractivity contribution is 5.64. The van der Waals surface area contributed by atoms with Gasteiger partial charge in [-0.15, -0.1) is 0 Å². The Labute approximate surface area is 140 Å². The standard InChI is InChI=1S/C20H18N2O2/c23-19-9-8-18(11-20(19)24)22-12-14-6-7-17(10-15(14)13-22)21-16-4-2-1-3-5-16/h1-11,21,23-24H,12-13H2. The van der Waals surface area contributed by atoms with Crippen LogP contribution in [-0.4, -0.2) is 10.2 Å². The van der Waals surface area contributed by atoms with Crippen molar-refractivity contribution in [2.75, 3.05) is 10.2 Å². The Balaban J connectivity index is 1.55. The molecule has 4 nitrogen and oxygen atoms in total. The molecule has 120 valence electrons. The van der Waals surface area contributed by atoms with E-state index in [0.717, 1.165) is 30.2 Å². The van der Waals surface area contributed by atoms with Crippen molar-refractivity contribution in [2.24, 2.45) is 0 Å². The molecule has 0 fully saturated rings. The molecule has 0 amide bonds. The first kappa shape index (κ1) is 14.5. The van der Waals surface area contributed by atoms with Crippen LogP contribution in [-0.2, 0) is 13.1 Å². The summed E-state index contributed by atoms with van der Waals surface area (Å²) in [6, 6.07) is 21.4. The Kier molecular flexibility index (Phi) is 3.50. The number of phenolic OH excluding ortho intramolecular Hbond substituents is 2. The largest absolute Gasteiger partial charge is 0.504 e. The van der Waals surface area contributed by atoms with Gasteiger partial charge in [-0.05, 0) is 47.5 Å². The van der Waals surface area contributed by atoms with Crippen LogP contribution in [0.5, 0.6) is 11.5 Å². The predicted molar refractivity (Wildman–Crippen MR) is 95.8 cm³/mol. The third-order valence-electron chi connectivity index (χ3n) is 4.32. The molecule has 1 heterocycles. The van der Waals surface area contributed by atoms with Crippen LogP contribution in [0, 0.1) is 0 Å². The van der Waals surface area contributed by atoms with Crippen molar-refractivity contribution < 1.29 is 10.2 Å². The van der Waals surface area contributed by atoms with Gasteiger partial charge in [0, 0.05) is 36.2 Å². The first-order chi connectivity index (χ1) is 11.7.